The van der Waals surface area contributed by atoms with Crippen molar-refractivity contribution in [3.63, 3.8) is 0 Å². The quantitative estimate of drug-likeness (QED) is 0.846. The van der Waals surface area contributed by atoms with E-state index in [1.165, 1.54) is 0 Å². The van der Waals surface area contributed by atoms with E-state index in [9.17, 15) is 4.79 Å². The van der Waals surface area contributed by atoms with Gasteiger partial charge in [-0.05, 0) is 24.3 Å². The lowest BCUT2D eigenvalue weighted by molar-refractivity contribution is 0.0778. The summed E-state index contributed by atoms with van der Waals surface area (Å²) in [6.07, 6.45) is 1.61. The van der Waals surface area contributed by atoms with Crippen LogP contribution in [0.1, 0.15) is 16.1 Å². The summed E-state index contributed by atoms with van der Waals surface area (Å²) < 4.78 is 10.5. The van der Waals surface area contributed by atoms with Crippen LogP contribution in [0.2, 0.25) is 0 Å². The van der Waals surface area contributed by atoms with Gasteiger partial charge in [-0.1, -0.05) is 6.07 Å². The third kappa shape index (κ3) is 3.51. The molecule has 2 aromatic rings. The molecule has 0 N–H and O–H groups in total. The maximum Gasteiger partial charge on any atom is 0.272 e. The highest BCUT2D eigenvalue weighted by Crippen LogP contribution is 2.25. The highest BCUT2D eigenvalue weighted by Gasteiger charge is 2.15. The highest BCUT2D eigenvalue weighted by atomic mass is 16.5. The molecule has 0 aliphatic carbocycles. The van der Waals surface area contributed by atoms with Crippen molar-refractivity contribution in [1.82, 2.24) is 9.88 Å². The monoisotopic (exact) mass is 286 g/mol. The molecule has 0 saturated carbocycles. The first-order chi connectivity index (χ1) is 10.2. The Labute approximate surface area is 124 Å². The van der Waals surface area contributed by atoms with Crippen LogP contribution in [-0.4, -0.2) is 37.1 Å². The van der Waals surface area contributed by atoms with Crippen molar-refractivity contribution in [1.29, 1.82) is 0 Å². The van der Waals surface area contributed by atoms with Gasteiger partial charge in [0.05, 0.1) is 14.2 Å². The van der Waals surface area contributed by atoms with E-state index in [0.29, 0.717) is 23.7 Å². The number of amides is 1. The lowest BCUT2D eigenvalue weighted by Crippen LogP contribution is -2.27. The molecule has 110 valence electrons. The first-order valence-electron chi connectivity index (χ1n) is 6.53. The predicted molar refractivity (Wildman–Crippen MR) is 79.6 cm³/mol. The predicted octanol–water partition coefficient (Wildman–Crippen LogP) is 2.37. The van der Waals surface area contributed by atoms with Crippen LogP contribution in [0, 0.1) is 0 Å². The van der Waals surface area contributed by atoms with Crippen LogP contribution < -0.4 is 9.47 Å². The van der Waals surface area contributed by atoms with Gasteiger partial charge in [-0.2, -0.15) is 0 Å². The Kier molecular flexibility index (Phi) is 4.77. The third-order valence-corrected chi connectivity index (χ3v) is 3.13. The molecule has 0 unspecified atom stereocenters. The Hall–Kier alpha value is -2.56. The van der Waals surface area contributed by atoms with Crippen molar-refractivity contribution < 1.29 is 14.3 Å². The minimum absolute atomic E-state index is 0.131. The largest absolute Gasteiger partial charge is 0.497 e. The second kappa shape index (κ2) is 6.74. The maximum absolute atomic E-state index is 12.3. The minimum Gasteiger partial charge on any atom is -0.497 e. The number of ether oxygens (including phenoxy) is 2. The van der Waals surface area contributed by atoms with Crippen LogP contribution in [0.5, 0.6) is 11.5 Å². The van der Waals surface area contributed by atoms with Crippen LogP contribution in [-0.2, 0) is 6.54 Å². The average molecular weight is 286 g/mol. The first kappa shape index (κ1) is 14.8. The Bertz CT molecular complexity index is 614. The van der Waals surface area contributed by atoms with Crippen molar-refractivity contribution in [2.45, 2.75) is 6.54 Å². The SMILES string of the molecule is COc1ccc(CN(C)C(=O)c2ccccn2)c(OC)c1. The molecule has 21 heavy (non-hydrogen) atoms. The van der Waals surface area contributed by atoms with E-state index >= 15 is 0 Å². The molecule has 2 rings (SSSR count). The molecule has 5 heteroatoms. The number of pyridine rings is 1. The zero-order chi connectivity index (χ0) is 15.2. The Morgan fingerprint density at radius 1 is 1.19 bits per heavy atom. The molecule has 0 radical (unpaired) electrons. The first-order valence-corrected chi connectivity index (χ1v) is 6.53. The number of carbonyl (C=O) groups excluding carboxylic acids is 1. The summed E-state index contributed by atoms with van der Waals surface area (Å²) in [4.78, 5) is 17.9. The van der Waals surface area contributed by atoms with Gasteiger partial charge in [0.15, 0.2) is 0 Å². The van der Waals surface area contributed by atoms with Gasteiger partial charge in [-0.25, -0.2) is 0 Å². The molecule has 0 saturated heterocycles. The zero-order valence-electron chi connectivity index (χ0n) is 12.4. The standard InChI is InChI=1S/C16H18N2O3/c1-18(16(19)14-6-4-5-9-17-14)11-12-7-8-13(20-2)10-15(12)21-3/h4-10H,11H2,1-3H3. The molecule has 1 aromatic carbocycles. The number of methoxy groups -OCH3 is 2. The van der Waals surface area contributed by atoms with Gasteiger partial charge in [0.1, 0.15) is 17.2 Å². The molecular weight excluding hydrogens is 268 g/mol. The van der Waals surface area contributed by atoms with Crippen LogP contribution in [0.4, 0.5) is 0 Å². The van der Waals surface area contributed by atoms with Crippen LogP contribution in [0.25, 0.3) is 0 Å². The highest BCUT2D eigenvalue weighted by molar-refractivity contribution is 5.92. The van der Waals surface area contributed by atoms with Crippen LogP contribution >= 0.6 is 0 Å². The number of carbonyl (C=O) groups is 1. The molecule has 0 spiro atoms. The van der Waals surface area contributed by atoms with Crippen LogP contribution in [0.3, 0.4) is 0 Å². The van der Waals surface area contributed by atoms with E-state index in [1.807, 2.05) is 12.1 Å². The molecule has 1 aromatic heterocycles. The minimum atomic E-state index is -0.131. The average Bonchev–Trinajstić information content (AvgIpc) is 2.55. The number of nitrogens with zero attached hydrogens (tertiary/aromatic N) is 2. The molecule has 0 fully saturated rings. The van der Waals surface area contributed by atoms with Gasteiger partial charge < -0.3 is 14.4 Å². The fourth-order valence-electron chi connectivity index (χ4n) is 1.99. The van der Waals surface area contributed by atoms with Crippen LogP contribution in [0.15, 0.2) is 42.6 Å². The molecule has 1 heterocycles. The summed E-state index contributed by atoms with van der Waals surface area (Å²) in [7, 11) is 4.94. The van der Waals surface area contributed by atoms with Crippen molar-refractivity contribution >= 4 is 5.91 Å². The van der Waals surface area contributed by atoms with Crippen molar-refractivity contribution in [2.75, 3.05) is 21.3 Å². The second-order valence-electron chi connectivity index (χ2n) is 4.55. The number of rotatable bonds is 5. The normalized spacial score (nSPS) is 10.0. The smallest absolute Gasteiger partial charge is 0.272 e. The molecule has 0 aliphatic rings. The molecule has 0 bridgehead atoms. The number of benzene rings is 1. The van der Waals surface area contributed by atoms with Crippen molar-refractivity contribution in [3.05, 3.63) is 53.9 Å². The van der Waals surface area contributed by atoms with E-state index in [-0.39, 0.29) is 5.91 Å². The topological polar surface area (TPSA) is 51.7 Å². The van der Waals surface area contributed by atoms with Gasteiger partial charge >= 0.3 is 0 Å². The molecule has 5 nitrogen and oxygen atoms in total. The van der Waals surface area contributed by atoms with Crippen molar-refractivity contribution in [2.24, 2.45) is 0 Å². The molecule has 0 atom stereocenters. The summed E-state index contributed by atoms with van der Waals surface area (Å²) in [6, 6.07) is 10.8. The van der Waals surface area contributed by atoms with Gasteiger partial charge in [0.25, 0.3) is 5.91 Å². The summed E-state index contributed by atoms with van der Waals surface area (Å²) in [5, 5.41) is 0. The van der Waals surface area contributed by atoms with Gasteiger partial charge in [0, 0.05) is 31.4 Å². The zero-order valence-corrected chi connectivity index (χ0v) is 12.4. The van der Waals surface area contributed by atoms with E-state index in [1.54, 1.807) is 56.6 Å². The Balaban J connectivity index is 2.16. The number of hydrogen-bond acceptors (Lipinski definition) is 4. The van der Waals surface area contributed by atoms with Gasteiger partial charge in [-0.15, -0.1) is 0 Å². The van der Waals surface area contributed by atoms with Gasteiger partial charge in [0.2, 0.25) is 0 Å². The molecule has 1 amide bonds. The summed E-state index contributed by atoms with van der Waals surface area (Å²) in [5.74, 6) is 1.28. The lowest BCUT2D eigenvalue weighted by Gasteiger charge is -2.18. The van der Waals surface area contributed by atoms with E-state index < -0.39 is 0 Å². The third-order valence-electron chi connectivity index (χ3n) is 3.13. The summed E-state index contributed by atoms with van der Waals surface area (Å²) in [5.41, 5.74) is 1.33. The maximum atomic E-state index is 12.3. The van der Waals surface area contributed by atoms with E-state index in [4.69, 9.17) is 9.47 Å². The fraction of sp³-hybridized carbons (Fsp3) is 0.250. The van der Waals surface area contributed by atoms with E-state index in [2.05, 4.69) is 4.98 Å². The summed E-state index contributed by atoms with van der Waals surface area (Å²) >= 11 is 0. The molecular formula is C16H18N2O3. The Morgan fingerprint density at radius 3 is 2.62 bits per heavy atom. The van der Waals surface area contributed by atoms with E-state index in [0.717, 1.165) is 5.56 Å². The lowest BCUT2D eigenvalue weighted by atomic mass is 10.1. The van der Waals surface area contributed by atoms with Crippen molar-refractivity contribution in [3.8, 4) is 11.5 Å². The molecule has 0 aliphatic heterocycles. The number of hydrogen-bond donors (Lipinski definition) is 0. The second-order valence-corrected chi connectivity index (χ2v) is 4.55. The van der Waals surface area contributed by atoms with Gasteiger partial charge in [-0.3, -0.25) is 9.78 Å². The fourth-order valence-corrected chi connectivity index (χ4v) is 1.99. The number of aromatic nitrogens is 1. The Morgan fingerprint density at radius 2 is 2.00 bits per heavy atom. The summed E-state index contributed by atoms with van der Waals surface area (Å²) in [6.45, 7) is 0.433.